The van der Waals surface area contributed by atoms with E-state index in [9.17, 15) is 0 Å². The highest BCUT2D eigenvalue weighted by Crippen LogP contribution is 2.18. The van der Waals surface area contributed by atoms with Crippen molar-refractivity contribution < 1.29 is 9.47 Å². The molecule has 0 aromatic rings. The molecule has 3 nitrogen and oxygen atoms in total. The molecule has 0 bridgehead atoms. The van der Waals surface area contributed by atoms with Crippen LogP contribution in [-0.2, 0) is 9.47 Å². The molecule has 0 spiro atoms. The maximum absolute atomic E-state index is 5.44. The van der Waals surface area contributed by atoms with Gasteiger partial charge in [0.15, 0.2) is 6.29 Å². The van der Waals surface area contributed by atoms with Gasteiger partial charge in [0.1, 0.15) is 0 Å². The molecular formula is C10H19NO2. The van der Waals surface area contributed by atoms with E-state index in [0.29, 0.717) is 6.04 Å². The van der Waals surface area contributed by atoms with Gasteiger partial charge in [-0.1, -0.05) is 6.42 Å². The summed E-state index contributed by atoms with van der Waals surface area (Å²) in [5.41, 5.74) is 0. The van der Waals surface area contributed by atoms with E-state index in [1.54, 1.807) is 0 Å². The number of hydrogen-bond donors (Lipinski definition) is 0. The summed E-state index contributed by atoms with van der Waals surface area (Å²) in [6.07, 6.45) is 4.08. The monoisotopic (exact) mass is 185 g/mol. The number of hydrogen-bond acceptors (Lipinski definition) is 3. The van der Waals surface area contributed by atoms with Gasteiger partial charge in [-0.2, -0.15) is 0 Å². The lowest BCUT2D eigenvalue weighted by Gasteiger charge is -2.34. The summed E-state index contributed by atoms with van der Waals surface area (Å²) in [5.74, 6) is 0. The Balaban J connectivity index is 1.78. The molecule has 3 heteroatoms. The van der Waals surface area contributed by atoms with E-state index in [1.807, 2.05) is 0 Å². The van der Waals surface area contributed by atoms with Gasteiger partial charge >= 0.3 is 0 Å². The second-order valence-corrected chi connectivity index (χ2v) is 4.01. The van der Waals surface area contributed by atoms with Crippen molar-refractivity contribution in [2.75, 3.05) is 26.3 Å². The molecule has 2 fully saturated rings. The lowest BCUT2D eigenvalue weighted by molar-refractivity contribution is -0.0711. The Morgan fingerprint density at radius 2 is 2.00 bits per heavy atom. The number of ether oxygens (including phenoxy) is 2. The number of piperidine rings is 1. The van der Waals surface area contributed by atoms with E-state index in [1.165, 1.54) is 25.8 Å². The van der Waals surface area contributed by atoms with E-state index in [4.69, 9.17) is 9.47 Å². The fraction of sp³-hybridized carbons (Fsp3) is 1.00. The zero-order valence-electron chi connectivity index (χ0n) is 8.37. The van der Waals surface area contributed by atoms with Gasteiger partial charge < -0.3 is 9.47 Å². The van der Waals surface area contributed by atoms with Crippen LogP contribution in [0.3, 0.4) is 0 Å². The maximum atomic E-state index is 5.44. The quantitative estimate of drug-likeness (QED) is 0.646. The number of nitrogens with zero attached hydrogens (tertiary/aromatic N) is 1. The van der Waals surface area contributed by atoms with Gasteiger partial charge in [-0.05, 0) is 26.3 Å². The van der Waals surface area contributed by atoms with Crippen LogP contribution in [-0.4, -0.2) is 43.5 Å². The second-order valence-electron chi connectivity index (χ2n) is 4.01. The Bertz CT molecular complexity index is 157. The molecule has 2 aliphatic heterocycles. The number of rotatable bonds is 2. The predicted molar refractivity (Wildman–Crippen MR) is 50.6 cm³/mol. The Labute approximate surface area is 80.0 Å². The molecule has 13 heavy (non-hydrogen) atoms. The van der Waals surface area contributed by atoms with Crippen molar-refractivity contribution in [2.24, 2.45) is 0 Å². The Hall–Kier alpha value is -0.120. The van der Waals surface area contributed by atoms with Gasteiger partial charge in [-0.25, -0.2) is 0 Å². The third kappa shape index (κ3) is 2.42. The highest BCUT2D eigenvalue weighted by Gasteiger charge is 2.24. The lowest BCUT2D eigenvalue weighted by atomic mass is 10.0. The first-order valence-corrected chi connectivity index (χ1v) is 5.33. The minimum Gasteiger partial charge on any atom is -0.349 e. The fourth-order valence-corrected chi connectivity index (χ4v) is 2.13. The summed E-state index contributed by atoms with van der Waals surface area (Å²) in [5, 5.41) is 0. The molecule has 2 aliphatic rings. The van der Waals surface area contributed by atoms with Crippen molar-refractivity contribution in [1.82, 2.24) is 4.90 Å². The average Bonchev–Trinajstić information content (AvgIpc) is 2.61. The fourth-order valence-electron chi connectivity index (χ4n) is 2.13. The Kier molecular flexibility index (Phi) is 3.19. The van der Waals surface area contributed by atoms with Gasteiger partial charge in [0, 0.05) is 12.6 Å². The molecule has 0 aromatic heterocycles. The van der Waals surface area contributed by atoms with Crippen molar-refractivity contribution >= 4 is 0 Å². The molecule has 2 saturated heterocycles. The van der Waals surface area contributed by atoms with E-state index < -0.39 is 0 Å². The minimum atomic E-state index is 0.0422. The first kappa shape index (κ1) is 9.44. The molecule has 76 valence electrons. The molecule has 0 saturated carbocycles. The molecule has 0 radical (unpaired) electrons. The van der Waals surface area contributed by atoms with Crippen LogP contribution in [0, 0.1) is 0 Å². The van der Waals surface area contributed by atoms with Crippen LogP contribution < -0.4 is 0 Å². The van der Waals surface area contributed by atoms with Crippen LogP contribution >= 0.6 is 0 Å². The van der Waals surface area contributed by atoms with E-state index in [-0.39, 0.29) is 6.29 Å². The molecule has 0 amide bonds. The van der Waals surface area contributed by atoms with E-state index in [0.717, 1.165) is 19.8 Å². The first-order chi connectivity index (χ1) is 6.36. The standard InChI is InChI=1S/C10H19NO2/c1-9-4-2-3-5-11(9)8-10-12-6-7-13-10/h9-10H,2-8H2,1H3. The summed E-state index contributed by atoms with van der Waals surface area (Å²) in [4.78, 5) is 2.49. The SMILES string of the molecule is CC1CCCCN1CC1OCCO1. The smallest absolute Gasteiger partial charge is 0.170 e. The third-order valence-electron chi connectivity index (χ3n) is 3.01. The summed E-state index contributed by atoms with van der Waals surface area (Å²) >= 11 is 0. The van der Waals surface area contributed by atoms with Crippen LogP contribution in [0.2, 0.25) is 0 Å². The zero-order valence-corrected chi connectivity index (χ0v) is 8.37. The zero-order chi connectivity index (χ0) is 9.10. The normalized spacial score (nSPS) is 32.5. The van der Waals surface area contributed by atoms with Crippen LogP contribution in [0.1, 0.15) is 26.2 Å². The molecule has 0 aromatic carbocycles. The molecule has 2 heterocycles. The molecular weight excluding hydrogens is 166 g/mol. The van der Waals surface area contributed by atoms with Crippen LogP contribution in [0.25, 0.3) is 0 Å². The van der Waals surface area contributed by atoms with Crippen LogP contribution in [0.4, 0.5) is 0 Å². The van der Waals surface area contributed by atoms with Gasteiger partial charge in [0.25, 0.3) is 0 Å². The summed E-state index contributed by atoms with van der Waals surface area (Å²) < 4.78 is 10.9. The largest absolute Gasteiger partial charge is 0.349 e. The topological polar surface area (TPSA) is 21.7 Å². The minimum absolute atomic E-state index is 0.0422. The second kappa shape index (κ2) is 4.40. The highest BCUT2D eigenvalue weighted by molar-refractivity contribution is 4.74. The molecule has 1 unspecified atom stereocenters. The lowest BCUT2D eigenvalue weighted by Crippen LogP contribution is -2.42. The summed E-state index contributed by atoms with van der Waals surface area (Å²) in [6.45, 7) is 6.01. The van der Waals surface area contributed by atoms with Gasteiger partial charge in [0.2, 0.25) is 0 Å². The van der Waals surface area contributed by atoms with Crippen molar-refractivity contribution in [1.29, 1.82) is 0 Å². The predicted octanol–water partition coefficient (Wildman–Crippen LogP) is 1.23. The highest BCUT2D eigenvalue weighted by atomic mass is 16.7. The van der Waals surface area contributed by atoms with Gasteiger partial charge in [-0.15, -0.1) is 0 Å². The number of likely N-dealkylation sites (tertiary alicyclic amines) is 1. The molecule has 0 N–H and O–H groups in total. The van der Waals surface area contributed by atoms with Crippen LogP contribution in [0.5, 0.6) is 0 Å². The first-order valence-electron chi connectivity index (χ1n) is 5.33. The molecule has 2 rings (SSSR count). The van der Waals surface area contributed by atoms with Crippen molar-refractivity contribution in [3.05, 3.63) is 0 Å². The van der Waals surface area contributed by atoms with E-state index in [2.05, 4.69) is 11.8 Å². The Morgan fingerprint density at radius 1 is 1.23 bits per heavy atom. The van der Waals surface area contributed by atoms with Crippen molar-refractivity contribution in [2.45, 2.75) is 38.5 Å². The van der Waals surface area contributed by atoms with Gasteiger partial charge in [0.05, 0.1) is 13.2 Å². The molecule has 1 atom stereocenters. The summed E-state index contributed by atoms with van der Waals surface area (Å²) in [6, 6.07) is 0.710. The summed E-state index contributed by atoms with van der Waals surface area (Å²) in [7, 11) is 0. The molecule has 0 aliphatic carbocycles. The van der Waals surface area contributed by atoms with Crippen molar-refractivity contribution in [3.8, 4) is 0 Å². The Morgan fingerprint density at radius 3 is 2.69 bits per heavy atom. The maximum Gasteiger partial charge on any atom is 0.170 e. The average molecular weight is 185 g/mol. The third-order valence-corrected chi connectivity index (χ3v) is 3.01. The van der Waals surface area contributed by atoms with Gasteiger partial charge in [-0.3, -0.25) is 4.90 Å². The van der Waals surface area contributed by atoms with Crippen molar-refractivity contribution in [3.63, 3.8) is 0 Å². The van der Waals surface area contributed by atoms with Crippen LogP contribution in [0.15, 0.2) is 0 Å². The van der Waals surface area contributed by atoms with E-state index >= 15 is 0 Å².